The number of benzene rings is 3. The Balaban J connectivity index is 1.59. The van der Waals surface area contributed by atoms with Gasteiger partial charge in [-0.3, -0.25) is 14.5 Å². The molecular formula is C34H24N4. The van der Waals surface area contributed by atoms with E-state index in [0.29, 0.717) is 0 Å². The number of nitrogens with zero attached hydrogens (tertiary/aromatic N) is 4. The summed E-state index contributed by atoms with van der Waals surface area (Å²) < 4.78 is 2.20. The zero-order chi connectivity index (χ0) is 25.6. The number of aromatic nitrogens is 3. The lowest BCUT2D eigenvalue weighted by Gasteiger charge is -2.22. The van der Waals surface area contributed by atoms with Crippen molar-refractivity contribution in [2.24, 2.45) is 4.99 Å². The Labute approximate surface area is 221 Å². The molecule has 0 spiro atoms. The molecule has 4 heteroatoms. The normalized spacial score (nSPS) is 11.8. The van der Waals surface area contributed by atoms with Crippen LogP contribution in [0.2, 0.25) is 0 Å². The van der Waals surface area contributed by atoms with E-state index in [0.717, 1.165) is 67.2 Å². The van der Waals surface area contributed by atoms with Crippen molar-refractivity contribution in [1.29, 1.82) is 0 Å². The molecule has 0 radical (unpaired) electrons. The first-order chi connectivity index (χ1) is 18.8. The predicted octanol–water partition coefficient (Wildman–Crippen LogP) is 8.77. The number of allylic oxidation sites excluding steroid dienone is 1. The van der Waals surface area contributed by atoms with Gasteiger partial charge in [-0.15, -0.1) is 0 Å². The Morgan fingerprint density at radius 3 is 2.00 bits per heavy atom. The minimum Gasteiger partial charge on any atom is -0.294 e. The number of pyridine rings is 2. The van der Waals surface area contributed by atoms with Gasteiger partial charge in [0.05, 0.1) is 16.9 Å². The fourth-order valence-corrected chi connectivity index (χ4v) is 5.70. The maximum atomic E-state index is 4.84. The summed E-state index contributed by atoms with van der Waals surface area (Å²) in [6, 6.07) is 31.9. The van der Waals surface area contributed by atoms with Gasteiger partial charge >= 0.3 is 0 Å². The van der Waals surface area contributed by atoms with Crippen LogP contribution >= 0.6 is 0 Å². The van der Waals surface area contributed by atoms with Gasteiger partial charge in [0, 0.05) is 40.2 Å². The SMILES string of the molecule is C=Nc1c(/C=C\C)c2ccccc2n1-c1ccc2c(c1)-c1cccnc1-c1ncccc1-c1ccccc1-2. The fraction of sp³-hybridized carbons (Fsp3) is 0.0294. The third-order valence-corrected chi connectivity index (χ3v) is 7.27. The molecule has 0 N–H and O–H groups in total. The second kappa shape index (κ2) is 8.79. The Hall–Kier alpha value is -5.09. The number of rotatable bonds is 3. The van der Waals surface area contributed by atoms with Crippen LogP contribution in [0.5, 0.6) is 0 Å². The smallest absolute Gasteiger partial charge is 0.144 e. The van der Waals surface area contributed by atoms with E-state index in [1.165, 1.54) is 5.56 Å². The Morgan fingerprint density at radius 2 is 1.29 bits per heavy atom. The summed E-state index contributed by atoms with van der Waals surface area (Å²) >= 11 is 0. The van der Waals surface area contributed by atoms with Crippen molar-refractivity contribution in [1.82, 2.24) is 14.5 Å². The highest BCUT2D eigenvalue weighted by molar-refractivity contribution is 6.02. The standard InChI is InChI=1S/C34H24N4/c1-3-10-29-26-13-6-7-16-31(26)38(34(29)35-2)22-17-18-25-23-11-4-5-12-24(23)27-14-8-19-36-32(27)33-28(30(25)21-22)15-9-20-37-33/h3-21H,2H2,1H3/b10-3-,25-23?,27-24?,30-28?,33-32?. The molecule has 3 aromatic heterocycles. The molecule has 0 saturated heterocycles. The molecule has 4 nitrogen and oxygen atoms in total. The summed E-state index contributed by atoms with van der Waals surface area (Å²) in [5.41, 5.74) is 11.7. The van der Waals surface area contributed by atoms with E-state index in [4.69, 9.17) is 9.97 Å². The van der Waals surface area contributed by atoms with Crippen LogP contribution in [0, 0.1) is 0 Å². The highest BCUT2D eigenvalue weighted by Crippen LogP contribution is 2.47. The third-order valence-electron chi connectivity index (χ3n) is 7.27. The molecule has 0 atom stereocenters. The Kier molecular flexibility index (Phi) is 5.12. The lowest BCUT2D eigenvalue weighted by Crippen LogP contribution is -2.01. The van der Waals surface area contributed by atoms with E-state index in [-0.39, 0.29) is 0 Å². The van der Waals surface area contributed by atoms with Gasteiger partial charge in [-0.25, -0.2) is 4.99 Å². The molecule has 3 aromatic carbocycles. The zero-order valence-electron chi connectivity index (χ0n) is 21.0. The second-order valence-electron chi connectivity index (χ2n) is 9.32. The average Bonchev–Trinajstić information content (AvgIpc) is 3.29. The third kappa shape index (κ3) is 3.20. The minimum absolute atomic E-state index is 0.828. The second-order valence-corrected chi connectivity index (χ2v) is 9.32. The van der Waals surface area contributed by atoms with Crippen molar-refractivity contribution >= 4 is 29.5 Å². The molecule has 0 bridgehead atoms. The largest absolute Gasteiger partial charge is 0.294 e. The molecule has 6 aromatic rings. The van der Waals surface area contributed by atoms with Crippen molar-refractivity contribution in [3.8, 4) is 50.5 Å². The van der Waals surface area contributed by atoms with Gasteiger partial charge in [0.1, 0.15) is 5.82 Å². The van der Waals surface area contributed by atoms with E-state index in [2.05, 4.69) is 101 Å². The summed E-state index contributed by atoms with van der Waals surface area (Å²) in [4.78, 5) is 14.1. The monoisotopic (exact) mass is 488 g/mol. The molecule has 1 aliphatic carbocycles. The van der Waals surface area contributed by atoms with Crippen LogP contribution < -0.4 is 0 Å². The van der Waals surface area contributed by atoms with E-state index < -0.39 is 0 Å². The molecule has 0 amide bonds. The van der Waals surface area contributed by atoms with Gasteiger partial charge in [-0.1, -0.05) is 72.8 Å². The number of hydrogen-bond donors (Lipinski definition) is 0. The van der Waals surface area contributed by atoms with Gasteiger partial charge in [-0.05, 0) is 66.2 Å². The van der Waals surface area contributed by atoms with Crippen LogP contribution in [-0.4, -0.2) is 21.3 Å². The Bertz CT molecular complexity index is 1900. The van der Waals surface area contributed by atoms with Crippen LogP contribution in [0.1, 0.15) is 12.5 Å². The summed E-state index contributed by atoms with van der Waals surface area (Å²) in [6.07, 6.45) is 7.84. The highest BCUT2D eigenvalue weighted by atomic mass is 15.1. The summed E-state index contributed by atoms with van der Waals surface area (Å²) in [7, 11) is 0. The quantitative estimate of drug-likeness (QED) is 0.233. The first-order valence-electron chi connectivity index (χ1n) is 12.7. The number of aliphatic imine (C=N–C) groups is 1. The summed E-state index contributed by atoms with van der Waals surface area (Å²) in [6.45, 7) is 5.96. The van der Waals surface area contributed by atoms with Crippen molar-refractivity contribution in [2.75, 3.05) is 0 Å². The topological polar surface area (TPSA) is 43.1 Å². The summed E-state index contributed by atoms with van der Waals surface area (Å²) in [5, 5.41) is 1.14. The lowest BCUT2D eigenvalue weighted by molar-refractivity contribution is 1.11. The van der Waals surface area contributed by atoms with Crippen LogP contribution in [-0.2, 0) is 0 Å². The molecule has 180 valence electrons. The van der Waals surface area contributed by atoms with E-state index in [1.54, 1.807) is 0 Å². The minimum atomic E-state index is 0.828. The molecule has 3 heterocycles. The molecule has 0 aliphatic heterocycles. The number of hydrogen-bond acceptors (Lipinski definition) is 3. The van der Waals surface area contributed by atoms with Gasteiger partial charge in [0.15, 0.2) is 0 Å². The average molecular weight is 489 g/mol. The fourth-order valence-electron chi connectivity index (χ4n) is 5.70. The zero-order valence-corrected chi connectivity index (χ0v) is 21.0. The highest BCUT2D eigenvalue weighted by Gasteiger charge is 2.24. The van der Waals surface area contributed by atoms with Gasteiger partial charge in [-0.2, -0.15) is 0 Å². The molecule has 0 unspecified atom stereocenters. The van der Waals surface area contributed by atoms with Crippen molar-refractivity contribution in [3.63, 3.8) is 0 Å². The number of para-hydroxylation sites is 1. The summed E-state index contributed by atoms with van der Waals surface area (Å²) in [5.74, 6) is 0.828. The van der Waals surface area contributed by atoms with E-state index in [9.17, 15) is 0 Å². The number of fused-ring (bicyclic) bond motifs is 9. The lowest BCUT2D eigenvalue weighted by atomic mass is 9.84. The van der Waals surface area contributed by atoms with Gasteiger partial charge in [0.25, 0.3) is 0 Å². The van der Waals surface area contributed by atoms with Crippen LogP contribution in [0.4, 0.5) is 5.82 Å². The van der Waals surface area contributed by atoms with Crippen LogP contribution in [0.25, 0.3) is 67.4 Å². The maximum absolute atomic E-state index is 4.84. The molecule has 1 aliphatic rings. The van der Waals surface area contributed by atoms with E-state index in [1.807, 2.05) is 37.5 Å². The predicted molar refractivity (Wildman–Crippen MR) is 158 cm³/mol. The molecule has 7 rings (SSSR count). The van der Waals surface area contributed by atoms with Crippen LogP contribution in [0.15, 0.2) is 114 Å². The van der Waals surface area contributed by atoms with Gasteiger partial charge < -0.3 is 0 Å². The van der Waals surface area contributed by atoms with E-state index >= 15 is 0 Å². The maximum Gasteiger partial charge on any atom is 0.144 e. The van der Waals surface area contributed by atoms with Crippen LogP contribution in [0.3, 0.4) is 0 Å². The molecule has 38 heavy (non-hydrogen) atoms. The van der Waals surface area contributed by atoms with Crippen molar-refractivity contribution in [3.05, 3.63) is 115 Å². The van der Waals surface area contributed by atoms with Gasteiger partial charge in [0.2, 0.25) is 0 Å². The molecule has 0 fully saturated rings. The van der Waals surface area contributed by atoms with Crippen molar-refractivity contribution in [2.45, 2.75) is 6.92 Å². The first kappa shape index (κ1) is 22.1. The molecular weight excluding hydrogens is 464 g/mol. The first-order valence-corrected chi connectivity index (χ1v) is 12.7. The molecule has 0 saturated carbocycles. The Morgan fingerprint density at radius 1 is 0.684 bits per heavy atom. The van der Waals surface area contributed by atoms with Crippen molar-refractivity contribution < 1.29 is 0 Å².